The molecule has 0 bridgehead atoms. The Bertz CT molecular complexity index is 2300. The summed E-state index contributed by atoms with van der Waals surface area (Å²) in [5.41, 5.74) is 0.737. The van der Waals surface area contributed by atoms with Crippen LogP contribution in [0, 0.1) is 11.8 Å². The Morgan fingerprint density at radius 1 is 0.390 bits per heavy atom. The van der Waals surface area contributed by atoms with Gasteiger partial charge in [0, 0.05) is 76.1 Å². The van der Waals surface area contributed by atoms with Gasteiger partial charge in [-0.3, -0.25) is 0 Å². The van der Waals surface area contributed by atoms with Crippen molar-refractivity contribution in [2.75, 3.05) is 92.5 Å². The molecule has 8 aliphatic rings. The van der Waals surface area contributed by atoms with Crippen molar-refractivity contribution in [2.45, 2.75) is 282 Å². The van der Waals surface area contributed by atoms with Crippen LogP contribution < -0.4 is 0 Å². The molecule has 24 nitrogen and oxygen atoms in total. The maximum atomic E-state index is 12.0. The summed E-state index contributed by atoms with van der Waals surface area (Å²) in [6.07, 6.45) is 14.2. The standard InChI is InChI=1S/C36H76O12Si6.C30H56O12Si4/c1-11-37-53(38-12-2,39-13-3)27-25-51(9)45-49(7,23-21-31-17-19-33-35(29-31)43-33)47-52(10,26-28-54(40-14-4,41-15-5)42-16-6)48-50(8,46-51)24-22-32-18-20-34-36(30-32)44-34;1-25(2)29(31)35-15-11-19-45(7)39-43(5,17-9-13-33-21-27-23-37-27)41-46(8,20-12-16-36-30(32)26(3)4)42-44(6,40-45)18-10-14-34-22-28-24-38-28/h31-36H,11-30H2,1-10H3;27-28H,1,3,9-24H2,2,4-8H3. The van der Waals surface area contributed by atoms with Gasteiger partial charge >= 0.3 is 98.0 Å². The first-order valence-electron chi connectivity index (χ1n) is 38.1. The first-order valence-corrected chi connectivity index (χ1v) is 62.2. The summed E-state index contributed by atoms with van der Waals surface area (Å²) in [6, 6.07) is 7.14. The maximum Gasteiger partial charge on any atom is 0.500 e. The Morgan fingerprint density at radius 3 is 0.920 bits per heavy atom. The molecule has 2 saturated carbocycles. The monoisotopic (exact) mass is 1590 g/mol. The molecule has 8 unspecified atom stereocenters. The number of rotatable bonds is 46. The van der Waals surface area contributed by atoms with Crippen LogP contribution in [0.5, 0.6) is 0 Å². The molecule has 2 aliphatic carbocycles. The van der Waals surface area contributed by atoms with Gasteiger partial charge in [0.1, 0.15) is 12.2 Å². The van der Waals surface area contributed by atoms with Crippen molar-refractivity contribution in [3.05, 3.63) is 24.3 Å². The van der Waals surface area contributed by atoms with Crippen LogP contribution in [0.2, 0.25) is 113 Å². The van der Waals surface area contributed by atoms with Crippen LogP contribution in [0.3, 0.4) is 0 Å². The van der Waals surface area contributed by atoms with E-state index in [4.69, 9.17) is 97.4 Å². The first-order chi connectivity index (χ1) is 47.3. The highest BCUT2D eigenvalue weighted by molar-refractivity contribution is 6.95. The quantitative estimate of drug-likeness (QED) is 0.0180. The average Bonchev–Trinajstić information content (AvgIpc) is 1.21. The minimum Gasteiger partial charge on any atom is -0.462 e. The smallest absolute Gasteiger partial charge is 0.462 e. The van der Waals surface area contributed by atoms with Gasteiger partial charge in [-0.25, -0.2) is 9.59 Å². The first kappa shape index (κ1) is 87.0. The van der Waals surface area contributed by atoms with Gasteiger partial charge < -0.3 is 97.4 Å². The maximum absolute atomic E-state index is 12.0. The van der Waals surface area contributed by atoms with Crippen LogP contribution in [0.4, 0.5) is 0 Å². The number of esters is 2. The molecule has 0 amide bonds. The lowest BCUT2D eigenvalue weighted by Crippen LogP contribution is -2.68. The zero-order chi connectivity index (χ0) is 72.9. The van der Waals surface area contributed by atoms with Crippen LogP contribution in [0.25, 0.3) is 0 Å². The second-order valence-electron chi connectivity index (χ2n) is 30.0. The Balaban J connectivity index is 0.000000285. The van der Waals surface area contributed by atoms with Crippen molar-refractivity contribution in [2.24, 2.45) is 11.8 Å². The Hall–Kier alpha value is -0.211. The zero-order valence-electron chi connectivity index (χ0n) is 64.3. The molecule has 6 heterocycles. The van der Waals surface area contributed by atoms with Crippen molar-refractivity contribution < 1.29 is 107 Å². The van der Waals surface area contributed by atoms with Crippen LogP contribution in [0.15, 0.2) is 24.3 Å². The number of hydrogen-bond acceptors (Lipinski definition) is 24. The van der Waals surface area contributed by atoms with Gasteiger partial charge in [0.25, 0.3) is 0 Å². The molecule has 0 aromatic rings. The largest absolute Gasteiger partial charge is 0.500 e. The lowest BCUT2D eigenvalue weighted by atomic mass is 9.88. The predicted octanol–water partition coefficient (Wildman–Crippen LogP) is 13.4. The van der Waals surface area contributed by atoms with Crippen LogP contribution in [0.1, 0.15) is 132 Å². The molecule has 6 saturated heterocycles. The summed E-state index contributed by atoms with van der Waals surface area (Å²) in [6.45, 7) is 47.8. The molecule has 0 aromatic heterocycles. The van der Waals surface area contributed by atoms with Gasteiger partial charge in [-0.05, 0) is 245 Å². The molecule has 6 aliphatic heterocycles. The van der Waals surface area contributed by atoms with E-state index in [2.05, 4.69) is 65.5 Å². The summed E-state index contributed by atoms with van der Waals surface area (Å²) < 4.78 is 142. The van der Waals surface area contributed by atoms with E-state index < -0.39 is 98.0 Å². The highest BCUT2D eigenvalue weighted by Crippen LogP contribution is 2.47. The fourth-order valence-electron chi connectivity index (χ4n) is 14.9. The van der Waals surface area contributed by atoms with E-state index in [0.29, 0.717) is 175 Å². The minimum absolute atomic E-state index is 0.211. The Labute approximate surface area is 611 Å². The fraction of sp³-hybridized carbons (Fsp3) is 0.909. The molecular formula is C66H132O24Si10. The van der Waals surface area contributed by atoms with E-state index in [-0.39, 0.29) is 25.4 Å². The third-order valence-electron chi connectivity index (χ3n) is 19.6. The molecule has 8 atom stereocenters. The van der Waals surface area contributed by atoms with Gasteiger partial charge in [0.05, 0.1) is 64.1 Å². The second kappa shape index (κ2) is 39.9. The molecule has 100 heavy (non-hydrogen) atoms. The van der Waals surface area contributed by atoms with Gasteiger partial charge in [0.2, 0.25) is 0 Å². The molecule has 580 valence electrons. The number of ether oxygens (including phenoxy) is 8. The molecule has 0 N–H and O–H groups in total. The van der Waals surface area contributed by atoms with E-state index in [9.17, 15) is 9.59 Å². The number of carbonyl (C=O) groups excluding carboxylic acids is 2. The molecule has 34 heteroatoms. The number of fused-ring (bicyclic) bond motifs is 2. The van der Waals surface area contributed by atoms with Crippen molar-refractivity contribution >= 4 is 98.0 Å². The fourth-order valence-corrected chi connectivity index (χ4v) is 70.1. The summed E-state index contributed by atoms with van der Waals surface area (Å²) >= 11 is 0. The normalized spacial score (nSPS) is 35.5. The minimum atomic E-state index is -2.96. The van der Waals surface area contributed by atoms with Gasteiger partial charge in [-0.1, -0.05) is 13.2 Å². The van der Waals surface area contributed by atoms with Gasteiger partial charge in [-0.2, -0.15) is 0 Å². The molecule has 0 spiro atoms. The molecular weight excluding hydrogens is 1460 g/mol. The van der Waals surface area contributed by atoms with Crippen LogP contribution in [-0.4, -0.2) is 227 Å². The van der Waals surface area contributed by atoms with E-state index in [0.717, 1.165) is 76.7 Å². The summed E-state index contributed by atoms with van der Waals surface area (Å²) in [7, 11) is -29.1. The third kappa shape index (κ3) is 29.6. The van der Waals surface area contributed by atoms with Crippen molar-refractivity contribution in [3.63, 3.8) is 0 Å². The van der Waals surface area contributed by atoms with Crippen molar-refractivity contribution in [1.82, 2.24) is 0 Å². The van der Waals surface area contributed by atoms with Gasteiger partial charge in [-0.15, -0.1) is 0 Å². The number of epoxide rings is 4. The van der Waals surface area contributed by atoms with Crippen LogP contribution in [-0.2, 0) is 107 Å². The highest BCUT2D eigenvalue weighted by Gasteiger charge is 2.61. The van der Waals surface area contributed by atoms with E-state index in [1.54, 1.807) is 13.8 Å². The Kier molecular flexibility index (Phi) is 34.8. The molecule has 0 radical (unpaired) electrons. The summed E-state index contributed by atoms with van der Waals surface area (Å²) in [5.74, 6) is 0.429. The van der Waals surface area contributed by atoms with Crippen molar-refractivity contribution in [1.29, 1.82) is 0 Å². The second-order valence-corrected chi connectivity index (χ2v) is 64.2. The lowest BCUT2D eigenvalue weighted by molar-refractivity contribution is -0.139. The SMILES string of the molecule is C=C(C)C(=O)OCCC[Si]1(C)O[Si](C)(CCCOCC2CO2)O[Si](C)(CCCOC(=O)C(=C)C)O[Si](C)(CCCOCC2CO2)O1.CCO[Si](CC[Si]1(C)O[Si](C)(CCC2CCC3OC3C2)O[Si](C)(CC[Si](OCC)(OCC)OCC)O[Si](C)(CCC2CCC3OC3C2)O1)(OCC)OCC. The zero-order valence-corrected chi connectivity index (χ0v) is 74.3. The molecule has 8 rings (SSSR count). The lowest BCUT2D eigenvalue weighted by Gasteiger charge is -2.51. The predicted molar refractivity (Wildman–Crippen MR) is 403 cm³/mol. The molecule has 0 aromatic carbocycles. The third-order valence-corrected chi connectivity index (χ3v) is 64.1. The number of hydrogen-bond donors (Lipinski definition) is 0. The van der Waals surface area contributed by atoms with E-state index in [1.165, 1.54) is 12.8 Å². The summed E-state index contributed by atoms with van der Waals surface area (Å²) in [4.78, 5) is 24.0. The van der Waals surface area contributed by atoms with E-state index in [1.807, 2.05) is 41.5 Å². The van der Waals surface area contributed by atoms with Crippen molar-refractivity contribution in [3.8, 4) is 0 Å². The van der Waals surface area contributed by atoms with Crippen LogP contribution >= 0.6 is 0 Å². The van der Waals surface area contributed by atoms with E-state index >= 15 is 0 Å². The topological polar surface area (TPSA) is 250 Å². The average molecular weight is 1590 g/mol. The van der Waals surface area contributed by atoms with Gasteiger partial charge in [0.15, 0.2) is 0 Å². The summed E-state index contributed by atoms with van der Waals surface area (Å²) in [5, 5.41) is 0. The molecule has 8 fully saturated rings. The number of carbonyl (C=O) groups is 2. The Morgan fingerprint density at radius 2 is 0.660 bits per heavy atom. The highest BCUT2D eigenvalue weighted by atomic mass is 28.5.